The van der Waals surface area contributed by atoms with E-state index in [0.29, 0.717) is 11.3 Å². The normalized spacial score (nSPS) is 13.6. The molecule has 1 amide bonds. The summed E-state index contributed by atoms with van der Waals surface area (Å²) in [5.41, 5.74) is -0.866. The number of aliphatic hydroxyl groups is 1. The highest BCUT2D eigenvalue weighted by molar-refractivity contribution is 7.98. The molecule has 0 saturated carbocycles. The fourth-order valence-corrected chi connectivity index (χ4v) is 2.02. The second-order valence-corrected chi connectivity index (χ2v) is 5.52. The van der Waals surface area contributed by atoms with Gasteiger partial charge in [-0.05, 0) is 31.7 Å². The van der Waals surface area contributed by atoms with Crippen molar-refractivity contribution in [2.24, 2.45) is 0 Å². The highest BCUT2D eigenvalue weighted by Crippen LogP contribution is 2.28. The number of amides is 1. The van der Waals surface area contributed by atoms with Crippen molar-refractivity contribution < 1.29 is 14.8 Å². The summed E-state index contributed by atoms with van der Waals surface area (Å²) in [6, 6.07) is 4.34. The number of nitrogens with one attached hydrogen (secondary N) is 1. The Morgan fingerprint density at radius 1 is 1.55 bits per heavy atom. The van der Waals surface area contributed by atoms with Gasteiger partial charge in [0.15, 0.2) is 0 Å². The number of hydrogen-bond acceptors (Lipinski definition) is 5. The van der Waals surface area contributed by atoms with Crippen LogP contribution in [0.25, 0.3) is 0 Å². The Morgan fingerprint density at radius 2 is 2.20 bits per heavy atom. The molecular formula is C13H18N2O4S. The number of nitro groups is 1. The minimum Gasteiger partial charge on any atom is -0.388 e. The Hall–Kier alpha value is -1.60. The van der Waals surface area contributed by atoms with Gasteiger partial charge in [-0.15, -0.1) is 11.8 Å². The summed E-state index contributed by atoms with van der Waals surface area (Å²) in [6.07, 6.45) is 2.24. The van der Waals surface area contributed by atoms with Gasteiger partial charge in [-0.1, -0.05) is 6.92 Å². The molecule has 0 aromatic heterocycles. The van der Waals surface area contributed by atoms with Crippen molar-refractivity contribution in [2.45, 2.75) is 30.8 Å². The lowest BCUT2D eigenvalue weighted by Gasteiger charge is -2.21. The Balaban J connectivity index is 2.89. The second kappa shape index (κ2) is 6.71. The topological polar surface area (TPSA) is 92.5 Å². The van der Waals surface area contributed by atoms with E-state index in [9.17, 15) is 20.0 Å². The molecule has 0 aliphatic heterocycles. The molecular weight excluding hydrogens is 280 g/mol. The molecule has 0 radical (unpaired) electrons. The van der Waals surface area contributed by atoms with Gasteiger partial charge < -0.3 is 10.4 Å². The standard InChI is InChI=1S/C13H18N2O4S/c1-4-13(2,17)8-14-12(16)9-5-6-11(20-3)10(7-9)15(18)19/h5-7,17H,4,8H2,1-3H3,(H,14,16). The summed E-state index contributed by atoms with van der Waals surface area (Å²) < 4.78 is 0. The third kappa shape index (κ3) is 4.21. The van der Waals surface area contributed by atoms with Crippen LogP contribution in [-0.2, 0) is 0 Å². The zero-order valence-corrected chi connectivity index (χ0v) is 12.5. The van der Waals surface area contributed by atoms with Gasteiger partial charge in [0, 0.05) is 18.2 Å². The van der Waals surface area contributed by atoms with Gasteiger partial charge in [0.1, 0.15) is 0 Å². The molecule has 20 heavy (non-hydrogen) atoms. The molecule has 0 aliphatic rings. The molecule has 1 atom stereocenters. The number of nitro benzene ring substituents is 1. The fourth-order valence-electron chi connectivity index (χ4n) is 1.47. The molecule has 110 valence electrons. The second-order valence-electron chi connectivity index (χ2n) is 4.68. The first-order valence-corrected chi connectivity index (χ1v) is 7.36. The Kier molecular flexibility index (Phi) is 5.52. The van der Waals surface area contributed by atoms with Crippen LogP contribution in [0.5, 0.6) is 0 Å². The molecule has 1 aromatic rings. The largest absolute Gasteiger partial charge is 0.388 e. The Bertz CT molecular complexity index is 517. The molecule has 0 aliphatic carbocycles. The summed E-state index contributed by atoms with van der Waals surface area (Å²) in [4.78, 5) is 22.9. The molecule has 0 spiro atoms. The third-order valence-corrected chi connectivity index (χ3v) is 3.81. The third-order valence-electron chi connectivity index (χ3n) is 3.03. The summed E-state index contributed by atoms with van der Waals surface area (Å²) in [7, 11) is 0. The molecule has 1 unspecified atom stereocenters. The van der Waals surface area contributed by atoms with E-state index < -0.39 is 16.4 Å². The lowest BCUT2D eigenvalue weighted by molar-refractivity contribution is -0.387. The molecule has 0 fully saturated rings. The van der Waals surface area contributed by atoms with Crippen LogP contribution in [0.1, 0.15) is 30.6 Å². The van der Waals surface area contributed by atoms with E-state index in [4.69, 9.17) is 0 Å². The zero-order valence-electron chi connectivity index (χ0n) is 11.7. The molecule has 2 N–H and O–H groups in total. The SMILES string of the molecule is CCC(C)(O)CNC(=O)c1ccc(SC)c([N+](=O)[O-])c1. The van der Waals surface area contributed by atoms with Crippen LogP contribution >= 0.6 is 11.8 Å². The molecule has 0 saturated heterocycles. The van der Waals surface area contributed by atoms with Crippen LogP contribution in [0, 0.1) is 10.1 Å². The van der Waals surface area contributed by atoms with Crippen molar-refractivity contribution in [3.8, 4) is 0 Å². The Morgan fingerprint density at radius 3 is 2.70 bits per heavy atom. The lowest BCUT2D eigenvalue weighted by Crippen LogP contribution is -2.40. The summed E-state index contributed by atoms with van der Waals surface area (Å²) in [5, 5.41) is 23.3. The van der Waals surface area contributed by atoms with Gasteiger partial charge in [0.25, 0.3) is 11.6 Å². The van der Waals surface area contributed by atoms with E-state index >= 15 is 0 Å². The molecule has 6 nitrogen and oxygen atoms in total. The monoisotopic (exact) mass is 298 g/mol. The predicted octanol–water partition coefficient (Wildman–Crippen LogP) is 2.21. The van der Waals surface area contributed by atoms with Crippen molar-refractivity contribution in [1.82, 2.24) is 5.32 Å². The van der Waals surface area contributed by atoms with Crippen LogP contribution < -0.4 is 5.32 Å². The van der Waals surface area contributed by atoms with Crippen molar-refractivity contribution in [1.29, 1.82) is 0 Å². The Labute approximate surface area is 121 Å². The van der Waals surface area contributed by atoms with Gasteiger partial charge in [-0.3, -0.25) is 14.9 Å². The van der Waals surface area contributed by atoms with Crippen LogP contribution in [0.3, 0.4) is 0 Å². The van der Waals surface area contributed by atoms with E-state index in [0.717, 1.165) is 0 Å². The van der Waals surface area contributed by atoms with Gasteiger partial charge in [-0.25, -0.2) is 0 Å². The van der Waals surface area contributed by atoms with Gasteiger partial charge in [0.2, 0.25) is 0 Å². The minimum absolute atomic E-state index is 0.0904. The van der Waals surface area contributed by atoms with Crippen molar-refractivity contribution >= 4 is 23.4 Å². The van der Waals surface area contributed by atoms with Gasteiger partial charge >= 0.3 is 0 Å². The zero-order chi connectivity index (χ0) is 15.3. The maximum absolute atomic E-state index is 11.9. The summed E-state index contributed by atoms with van der Waals surface area (Å²) >= 11 is 1.25. The number of hydrogen-bond donors (Lipinski definition) is 2. The number of benzene rings is 1. The van der Waals surface area contributed by atoms with Crippen molar-refractivity contribution in [3.05, 3.63) is 33.9 Å². The number of carbonyl (C=O) groups is 1. The van der Waals surface area contributed by atoms with Crippen LogP contribution in [0.4, 0.5) is 5.69 Å². The first-order chi connectivity index (χ1) is 9.30. The molecule has 0 bridgehead atoms. The first kappa shape index (κ1) is 16.5. The fraction of sp³-hybridized carbons (Fsp3) is 0.462. The maximum Gasteiger partial charge on any atom is 0.283 e. The van der Waals surface area contributed by atoms with Crippen LogP contribution in [-0.4, -0.2) is 34.3 Å². The van der Waals surface area contributed by atoms with Gasteiger partial charge in [-0.2, -0.15) is 0 Å². The highest BCUT2D eigenvalue weighted by atomic mass is 32.2. The van der Waals surface area contributed by atoms with Crippen molar-refractivity contribution in [3.63, 3.8) is 0 Å². The maximum atomic E-state index is 11.9. The van der Waals surface area contributed by atoms with Crippen molar-refractivity contribution in [2.75, 3.05) is 12.8 Å². The van der Waals surface area contributed by atoms with Crippen LogP contribution in [0.2, 0.25) is 0 Å². The lowest BCUT2D eigenvalue weighted by atomic mass is 10.0. The number of rotatable bonds is 6. The number of carbonyl (C=O) groups excluding carboxylic acids is 1. The van der Waals surface area contributed by atoms with E-state index in [1.165, 1.54) is 23.9 Å². The average Bonchev–Trinajstić information content (AvgIpc) is 2.44. The van der Waals surface area contributed by atoms with E-state index in [-0.39, 0.29) is 17.8 Å². The molecule has 7 heteroatoms. The first-order valence-electron chi connectivity index (χ1n) is 6.13. The smallest absolute Gasteiger partial charge is 0.283 e. The van der Waals surface area contributed by atoms with E-state index in [2.05, 4.69) is 5.32 Å². The molecule has 1 aromatic carbocycles. The molecule has 1 rings (SSSR count). The number of nitrogens with zero attached hydrogens (tertiary/aromatic N) is 1. The average molecular weight is 298 g/mol. The minimum atomic E-state index is -0.985. The number of thioether (sulfide) groups is 1. The van der Waals surface area contributed by atoms with E-state index in [1.54, 1.807) is 19.2 Å². The predicted molar refractivity (Wildman–Crippen MR) is 78.1 cm³/mol. The highest BCUT2D eigenvalue weighted by Gasteiger charge is 2.21. The van der Waals surface area contributed by atoms with E-state index in [1.807, 2.05) is 6.92 Å². The van der Waals surface area contributed by atoms with Gasteiger partial charge in [0.05, 0.1) is 15.4 Å². The summed E-state index contributed by atoms with van der Waals surface area (Å²) in [6.45, 7) is 3.53. The van der Waals surface area contributed by atoms with Crippen LogP contribution in [0.15, 0.2) is 23.1 Å². The quantitative estimate of drug-likeness (QED) is 0.477. The summed E-state index contributed by atoms with van der Waals surface area (Å²) in [5.74, 6) is -0.436. The molecule has 0 heterocycles.